The normalized spacial score (nSPS) is 15.1. The fourth-order valence-corrected chi connectivity index (χ4v) is 3.43. The monoisotopic (exact) mass is 401 g/mol. The molecule has 27 heavy (non-hydrogen) atoms. The van der Waals surface area contributed by atoms with Gasteiger partial charge in [-0.05, 0) is 53.9 Å². The van der Waals surface area contributed by atoms with Gasteiger partial charge in [-0.25, -0.2) is 0 Å². The van der Waals surface area contributed by atoms with Crippen LogP contribution < -0.4 is 10.1 Å². The summed E-state index contributed by atoms with van der Waals surface area (Å²) in [7, 11) is 0. The molecule has 1 fully saturated rings. The third-order valence-electron chi connectivity index (χ3n) is 3.81. The molecule has 1 aliphatic heterocycles. The fraction of sp³-hybridized carbons (Fsp3) is 0.150. The zero-order valence-corrected chi connectivity index (χ0v) is 15.8. The van der Waals surface area contributed by atoms with Crippen LogP contribution in [0.1, 0.15) is 24.0 Å². The van der Waals surface area contributed by atoms with Gasteiger partial charge in [-0.2, -0.15) is 0 Å². The number of hydrogen-bond acceptors (Lipinski definition) is 5. The first-order valence-electron chi connectivity index (χ1n) is 8.30. The summed E-state index contributed by atoms with van der Waals surface area (Å²) in [6.07, 6.45) is 3.33. The molecule has 0 radical (unpaired) electrons. The number of halogens is 1. The van der Waals surface area contributed by atoms with Crippen molar-refractivity contribution in [3.05, 3.63) is 69.6 Å². The van der Waals surface area contributed by atoms with Gasteiger partial charge < -0.3 is 4.74 Å². The Balaban J connectivity index is 1.56. The van der Waals surface area contributed by atoms with Gasteiger partial charge in [0, 0.05) is 6.42 Å². The number of rotatable bonds is 6. The molecule has 0 saturated carbocycles. The smallest absolute Gasteiger partial charge is 0.311 e. The molecule has 2 amide bonds. The number of benzene rings is 2. The molecule has 5 nitrogen and oxygen atoms in total. The zero-order chi connectivity index (χ0) is 19.2. The van der Waals surface area contributed by atoms with E-state index in [-0.39, 0.29) is 23.2 Å². The summed E-state index contributed by atoms with van der Waals surface area (Å²) < 4.78 is 5.32. The number of carbonyl (C=O) groups is 3. The number of carbonyl (C=O) groups excluding carboxylic acids is 3. The van der Waals surface area contributed by atoms with E-state index in [1.54, 1.807) is 24.3 Å². The average molecular weight is 402 g/mol. The Kier molecular flexibility index (Phi) is 6.32. The van der Waals surface area contributed by atoms with Crippen LogP contribution in [0.4, 0.5) is 4.79 Å². The van der Waals surface area contributed by atoms with E-state index in [1.807, 2.05) is 30.3 Å². The van der Waals surface area contributed by atoms with Crippen LogP contribution in [0.3, 0.4) is 0 Å². The van der Waals surface area contributed by atoms with Gasteiger partial charge in [0.2, 0.25) is 0 Å². The number of esters is 1. The van der Waals surface area contributed by atoms with E-state index in [2.05, 4.69) is 5.32 Å². The van der Waals surface area contributed by atoms with Crippen LogP contribution in [0.5, 0.6) is 5.75 Å². The van der Waals surface area contributed by atoms with Gasteiger partial charge in [-0.15, -0.1) is 0 Å². The molecule has 0 atom stereocenters. The van der Waals surface area contributed by atoms with E-state index in [1.165, 1.54) is 5.56 Å². The van der Waals surface area contributed by atoms with Gasteiger partial charge in [0.25, 0.3) is 11.1 Å². The number of aryl methyl sites for hydroxylation is 1. The van der Waals surface area contributed by atoms with Crippen molar-refractivity contribution >= 4 is 46.6 Å². The first-order chi connectivity index (χ1) is 13.0. The van der Waals surface area contributed by atoms with Crippen molar-refractivity contribution in [1.82, 2.24) is 5.32 Å². The average Bonchev–Trinajstić information content (AvgIpc) is 2.95. The maximum atomic E-state index is 12.0. The van der Waals surface area contributed by atoms with E-state index >= 15 is 0 Å². The minimum atomic E-state index is -0.435. The number of imide groups is 1. The number of thioether (sulfide) groups is 1. The predicted molar refractivity (Wildman–Crippen MR) is 106 cm³/mol. The molecule has 0 spiro atoms. The second kappa shape index (κ2) is 8.88. The molecule has 0 unspecified atom stereocenters. The van der Waals surface area contributed by atoms with Crippen LogP contribution in [-0.2, 0) is 16.0 Å². The van der Waals surface area contributed by atoms with Crippen LogP contribution in [-0.4, -0.2) is 17.1 Å². The largest absolute Gasteiger partial charge is 0.425 e. The maximum Gasteiger partial charge on any atom is 0.311 e. The molecule has 1 heterocycles. The molecule has 3 rings (SSSR count). The van der Waals surface area contributed by atoms with E-state index in [4.69, 9.17) is 16.3 Å². The Hall–Kier alpha value is -2.57. The number of nitrogens with one attached hydrogen (secondary N) is 1. The Labute approximate surface area is 165 Å². The van der Waals surface area contributed by atoms with E-state index in [9.17, 15) is 14.4 Å². The van der Waals surface area contributed by atoms with Crippen molar-refractivity contribution in [2.45, 2.75) is 19.3 Å². The van der Waals surface area contributed by atoms with Gasteiger partial charge >= 0.3 is 5.97 Å². The lowest BCUT2D eigenvalue weighted by Crippen LogP contribution is -2.17. The lowest BCUT2D eigenvalue weighted by molar-refractivity contribution is -0.134. The molecule has 0 aromatic heterocycles. The maximum absolute atomic E-state index is 12.0. The Morgan fingerprint density at radius 1 is 1.15 bits per heavy atom. The summed E-state index contributed by atoms with van der Waals surface area (Å²) in [6.45, 7) is 0. The summed E-state index contributed by atoms with van der Waals surface area (Å²) in [5.74, 6) is -0.520. The molecule has 0 bridgehead atoms. The van der Waals surface area contributed by atoms with Gasteiger partial charge in [0.1, 0.15) is 5.75 Å². The third kappa shape index (κ3) is 5.45. The Morgan fingerprint density at radius 2 is 1.93 bits per heavy atom. The lowest BCUT2D eigenvalue weighted by atomic mass is 10.1. The predicted octanol–water partition coefficient (Wildman–Crippen LogP) is 4.59. The first-order valence-corrected chi connectivity index (χ1v) is 9.50. The lowest BCUT2D eigenvalue weighted by Gasteiger charge is -2.07. The van der Waals surface area contributed by atoms with Crippen molar-refractivity contribution in [2.75, 3.05) is 0 Å². The standard InChI is InChI=1S/C20H16ClNO4S/c21-15-11-14(12-17-19(24)22-20(25)27-17)9-10-16(15)26-18(23)8-4-7-13-5-2-1-3-6-13/h1-3,5-6,9-12H,4,7-8H2,(H,22,24,25)/b17-12-. The Bertz CT molecular complexity index is 911. The third-order valence-corrected chi connectivity index (χ3v) is 4.91. The second-order valence-corrected chi connectivity index (χ2v) is 7.28. The fourth-order valence-electron chi connectivity index (χ4n) is 2.52. The van der Waals surface area contributed by atoms with Crippen molar-refractivity contribution in [1.29, 1.82) is 0 Å². The minimum Gasteiger partial charge on any atom is -0.425 e. The second-order valence-electron chi connectivity index (χ2n) is 5.86. The summed E-state index contributed by atoms with van der Waals surface area (Å²) in [5, 5.41) is 2.04. The molecule has 0 aliphatic carbocycles. The SMILES string of the molecule is O=C(CCCc1ccccc1)Oc1ccc(/C=C2\SC(=O)NC2=O)cc1Cl. The molecule has 7 heteroatoms. The zero-order valence-electron chi connectivity index (χ0n) is 14.2. The quantitative estimate of drug-likeness (QED) is 0.435. The number of amides is 2. The van der Waals surface area contributed by atoms with Crippen LogP contribution in [0.2, 0.25) is 5.02 Å². The number of ether oxygens (including phenoxy) is 1. The van der Waals surface area contributed by atoms with Crippen LogP contribution in [0.15, 0.2) is 53.4 Å². The molecule has 138 valence electrons. The van der Waals surface area contributed by atoms with Crippen molar-refractivity contribution < 1.29 is 19.1 Å². The summed E-state index contributed by atoms with van der Waals surface area (Å²) in [5.41, 5.74) is 1.81. The van der Waals surface area contributed by atoms with Gasteiger partial charge in [-0.1, -0.05) is 48.0 Å². The van der Waals surface area contributed by atoms with Crippen molar-refractivity contribution in [3.8, 4) is 5.75 Å². The van der Waals surface area contributed by atoms with Crippen molar-refractivity contribution in [2.24, 2.45) is 0 Å². The summed E-state index contributed by atoms with van der Waals surface area (Å²) in [6, 6.07) is 14.7. The highest BCUT2D eigenvalue weighted by Gasteiger charge is 2.25. The van der Waals surface area contributed by atoms with Crippen molar-refractivity contribution in [3.63, 3.8) is 0 Å². The molecule has 2 aromatic rings. The first kappa shape index (κ1) is 19.2. The van der Waals surface area contributed by atoms with Gasteiger partial charge in [0.15, 0.2) is 0 Å². The number of hydrogen-bond donors (Lipinski definition) is 1. The molecule has 1 saturated heterocycles. The summed E-state index contributed by atoms with van der Waals surface area (Å²) in [4.78, 5) is 35.1. The molecular formula is C20H16ClNO4S. The topological polar surface area (TPSA) is 72.5 Å². The van der Waals surface area contributed by atoms with E-state index in [0.29, 0.717) is 16.9 Å². The molecule has 1 N–H and O–H groups in total. The van der Waals surface area contributed by atoms with Crippen LogP contribution in [0, 0.1) is 0 Å². The van der Waals surface area contributed by atoms with Crippen LogP contribution >= 0.6 is 23.4 Å². The highest BCUT2D eigenvalue weighted by atomic mass is 35.5. The minimum absolute atomic E-state index is 0.260. The van der Waals surface area contributed by atoms with E-state index < -0.39 is 11.1 Å². The van der Waals surface area contributed by atoms with Crippen LogP contribution in [0.25, 0.3) is 6.08 Å². The molecule has 2 aromatic carbocycles. The summed E-state index contributed by atoms with van der Waals surface area (Å²) >= 11 is 7.00. The molecule has 1 aliphatic rings. The van der Waals surface area contributed by atoms with Gasteiger partial charge in [0.05, 0.1) is 9.93 Å². The highest BCUT2D eigenvalue weighted by Crippen LogP contribution is 2.30. The Morgan fingerprint density at radius 3 is 2.59 bits per heavy atom. The molecular weight excluding hydrogens is 386 g/mol. The van der Waals surface area contributed by atoms with Gasteiger partial charge in [-0.3, -0.25) is 19.7 Å². The van der Waals surface area contributed by atoms with E-state index in [0.717, 1.165) is 18.2 Å². The highest BCUT2D eigenvalue weighted by molar-refractivity contribution is 8.18.